The van der Waals surface area contributed by atoms with Crippen LogP contribution >= 0.6 is 0 Å². The van der Waals surface area contributed by atoms with Crippen molar-refractivity contribution in [2.75, 3.05) is 13.1 Å². The summed E-state index contributed by atoms with van der Waals surface area (Å²) in [4.78, 5) is 2.64. The van der Waals surface area contributed by atoms with Gasteiger partial charge in [-0.1, -0.05) is 26.0 Å². The van der Waals surface area contributed by atoms with Crippen LogP contribution in [0.3, 0.4) is 0 Å². The Bertz CT molecular complexity index is 422. The van der Waals surface area contributed by atoms with Crippen LogP contribution in [0, 0.1) is 6.92 Å². The van der Waals surface area contributed by atoms with Crippen molar-refractivity contribution in [3.05, 3.63) is 28.8 Å². The Morgan fingerprint density at radius 2 is 1.89 bits per heavy atom. The molecular formula is C17H27NO. The number of benzene rings is 1. The molecule has 2 rings (SSSR count). The van der Waals surface area contributed by atoms with Gasteiger partial charge in [0.25, 0.3) is 0 Å². The molecule has 2 nitrogen and oxygen atoms in total. The lowest BCUT2D eigenvalue weighted by Gasteiger charge is -2.35. The molecule has 0 aliphatic heterocycles. The third-order valence-electron chi connectivity index (χ3n) is 4.30. The lowest BCUT2D eigenvalue weighted by Crippen LogP contribution is -2.40. The number of nitrogens with zero attached hydrogens (tertiary/aromatic N) is 1. The first-order chi connectivity index (χ1) is 9.17. The second-order valence-electron chi connectivity index (χ2n) is 5.80. The molecule has 0 saturated carbocycles. The molecule has 0 fully saturated rings. The van der Waals surface area contributed by atoms with Crippen molar-refractivity contribution in [1.82, 2.24) is 4.90 Å². The fraction of sp³-hybridized carbons (Fsp3) is 0.647. The first-order valence-corrected chi connectivity index (χ1v) is 7.71. The van der Waals surface area contributed by atoms with Gasteiger partial charge in [-0.3, -0.25) is 0 Å². The highest BCUT2D eigenvalue weighted by atomic mass is 16.3. The molecular weight excluding hydrogens is 234 g/mol. The van der Waals surface area contributed by atoms with Gasteiger partial charge < -0.3 is 10.0 Å². The second-order valence-corrected chi connectivity index (χ2v) is 5.80. The molecule has 1 aromatic carbocycles. The van der Waals surface area contributed by atoms with Crippen molar-refractivity contribution in [2.24, 2.45) is 0 Å². The molecule has 1 atom stereocenters. The Morgan fingerprint density at radius 3 is 2.53 bits per heavy atom. The van der Waals surface area contributed by atoms with Gasteiger partial charge in [-0.15, -0.1) is 0 Å². The summed E-state index contributed by atoms with van der Waals surface area (Å²) >= 11 is 0. The lowest BCUT2D eigenvalue weighted by molar-refractivity contribution is 0.179. The summed E-state index contributed by atoms with van der Waals surface area (Å²) in [7, 11) is 0. The Kier molecular flexibility index (Phi) is 4.87. The van der Waals surface area contributed by atoms with Crippen molar-refractivity contribution in [1.29, 1.82) is 0 Å². The van der Waals surface area contributed by atoms with E-state index in [0.717, 1.165) is 18.4 Å². The van der Waals surface area contributed by atoms with Crippen LogP contribution in [0.1, 0.15) is 49.8 Å². The van der Waals surface area contributed by atoms with E-state index in [1.54, 1.807) is 0 Å². The molecule has 0 bridgehead atoms. The lowest BCUT2D eigenvalue weighted by atomic mass is 9.85. The van der Waals surface area contributed by atoms with Crippen LogP contribution < -0.4 is 0 Å². The van der Waals surface area contributed by atoms with E-state index in [1.165, 1.54) is 43.5 Å². The SMILES string of the molecule is CCCN(CCC)C1CCc2c(ccc(C)c2O)C1. The highest BCUT2D eigenvalue weighted by Gasteiger charge is 2.25. The van der Waals surface area contributed by atoms with Crippen LogP contribution in [0.25, 0.3) is 0 Å². The number of hydrogen-bond acceptors (Lipinski definition) is 2. The van der Waals surface area contributed by atoms with Gasteiger partial charge in [-0.05, 0) is 68.8 Å². The van der Waals surface area contributed by atoms with Gasteiger partial charge in [-0.25, -0.2) is 0 Å². The summed E-state index contributed by atoms with van der Waals surface area (Å²) < 4.78 is 0. The Labute approximate surface area is 117 Å². The molecule has 1 aromatic rings. The number of hydrogen-bond donors (Lipinski definition) is 1. The molecule has 0 amide bonds. The highest BCUT2D eigenvalue weighted by Crippen LogP contribution is 2.33. The summed E-state index contributed by atoms with van der Waals surface area (Å²) in [5.41, 5.74) is 3.57. The van der Waals surface area contributed by atoms with Gasteiger partial charge in [0, 0.05) is 6.04 Å². The zero-order chi connectivity index (χ0) is 13.8. The average Bonchev–Trinajstić information content (AvgIpc) is 2.42. The molecule has 19 heavy (non-hydrogen) atoms. The number of phenolic OH excluding ortho intramolecular Hbond substituents is 1. The summed E-state index contributed by atoms with van der Waals surface area (Å²) in [6.45, 7) is 8.91. The molecule has 106 valence electrons. The van der Waals surface area contributed by atoms with Gasteiger partial charge in [0.05, 0.1) is 0 Å². The van der Waals surface area contributed by atoms with E-state index in [2.05, 4.69) is 30.9 Å². The van der Waals surface area contributed by atoms with Crippen molar-refractivity contribution in [3.63, 3.8) is 0 Å². The number of fused-ring (bicyclic) bond motifs is 1. The van der Waals surface area contributed by atoms with E-state index in [4.69, 9.17) is 0 Å². The third kappa shape index (κ3) is 3.11. The Hall–Kier alpha value is -1.02. The molecule has 1 unspecified atom stereocenters. The minimum Gasteiger partial charge on any atom is -0.507 e. The van der Waals surface area contributed by atoms with Crippen LogP contribution in [0.5, 0.6) is 5.75 Å². The van der Waals surface area contributed by atoms with Crippen molar-refractivity contribution in [3.8, 4) is 5.75 Å². The number of aromatic hydroxyl groups is 1. The van der Waals surface area contributed by atoms with E-state index in [9.17, 15) is 5.11 Å². The minimum atomic E-state index is 0.536. The molecule has 0 heterocycles. The number of aryl methyl sites for hydroxylation is 1. The molecule has 0 aromatic heterocycles. The third-order valence-corrected chi connectivity index (χ3v) is 4.30. The second kappa shape index (κ2) is 6.42. The summed E-state index contributed by atoms with van der Waals surface area (Å²) in [5.74, 6) is 0.536. The topological polar surface area (TPSA) is 23.5 Å². The minimum absolute atomic E-state index is 0.536. The molecule has 1 N–H and O–H groups in total. The van der Waals surface area contributed by atoms with Gasteiger partial charge in [0.2, 0.25) is 0 Å². The van der Waals surface area contributed by atoms with Gasteiger partial charge in [0.1, 0.15) is 5.75 Å². The molecule has 0 spiro atoms. The quantitative estimate of drug-likeness (QED) is 0.874. The molecule has 1 aliphatic rings. The molecule has 0 radical (unpaired) electrons. The fourth-order valence-corrected chi connectivity index (χ4v) is 3.30. The van der Waals surface area contributed by atoms with E-state index in [-0.39, 0.29) is 0 Å². The number of rotatable bonds is 5. The zero-order valence-electron chi connectivity index (χ0n) is 12.6. The fourth-order valence-electron chi connectivity index (χ4n) is 3.30. The maximum Gasteiger partial charge on any atom is 0.121 e. The van der Waals surface area contributed by atoms with Crippen molar-refractivity contribution < 1.29 is 5.11 Å². The largest absolute Gasteiger partial charge is 0.507 e. The zero-order valence-corrected chi connectivity index (χ0v) is 12.6. The van der Waals surface area contributed by atoms with Crippen molar-refractivity contribution >= 4 is 0 Å². The van der Waals surface area contributed by atoms with Gasteiger partial charge in [-0.2, -0.15) is 0 Å². The van der Waals surface area contributed by atoms with Crippen LogP contribution in [0.15, 0.2) is 12.1 Å². The van der Waals surface area contributed by atoms with Crippen LogP contribution in [0.2, 0.25) is 0 Å². The van der Waals surface area contributed by atoms with Crippen LogP contribution in [0.4, 0.5) is 0 Å². The summed E-state index contributed by atoms with van der Waals surface area (Å²) in [5, 5.41) is 10.2. The highest BCUT2D eigenvalue weighted by molar-refractivity contribution is 5.46. The monoisotopic (exact) mass is 261 g/mol. The predicted octanol–water partition coefficient (Wildman–Crippen LogP) is 3.68. The van der Waals surface area contributed by atoms with Crippen molar-refractivity contribution in [2.45, 2.75) is 58.9 Å². The van der Waals surface area contributed by atoms with Gasteiger partial charge >= 0.3 is 0 Å². The molecule has 1 aliphatic carbocycles. The maximum atomic E-state index is 10.2. The first kappa shape index (κ1) is 14.4. The Balaban J connectivity index is 2.15. The normalized spacial score (nSPS) is 18.6. The summed E-state index contributed by atoms with van der Waals surface area (Å²) in [6.07, 6.45) is 5.76. The van der Waals surface area contributed by atoms with Crippen LogP contribution in [-0.4, -0.2) is 29.1 Å². The molecule has 2 heteroatoms. The average molecular weight is 261 g/mol. The number of phenols is 1. The van der Waals surface area contributed by atoms with E-state index in [0.29, 0.717) is 11.8 Å². The summed E-state index contributed by atoms with van der Waals surface area (Å²) in [6, 6.07) is 4.93. The van der Waals surface area contributed by atoms with Crippen LogP contribution in [-0.2, 0) is 12.8 Å². The predicted molar refractivity (Wildman–Crippen MR) is 80.8 cm³/mol. The first-order valence-electron chi connectivity index (χ1n) is 7.71. The maximum absolute atomic E-state index is 10.2. The van der Waals surface area contributed by atoms with E-state index < -0.39 is 0 Å². The standard InChI is InChI=1S/C17H27NO/c1-4-10-18(11-5-2)15-8-9-16-14(12-15)7-6-13(3)17(16)19/h6-7,15,19H,4-5,8-12H2,1-3H3. The van der Waals surface area contributed by atoms with E-state index >= 15 is 0 Å². The van der Waals surface area contributed by atoms with E-state index in [1.807, 2.05) is 6.92 Å². The smallest absolute Gasteiger partial charge is 0.121 e. The van der Waals surface area contributed by atoms with Gasteiger partial charge in [0.15, 0.2) is 0 Å². The Morgan fingerprint density at radius 1 is 1.21 bits per heavy atom. The molecule has 0 saturated heterocycles.